The Morgan fingerprint density at radius 2 is 1.86 bits per heavy atom. The largest absolute Gasteiger partial charge is 0.479 e. The lowest BCUT2D eigenvalue weighted by Crippen LogP contribution is -2.34. The molecule has 0 saturated heterocycles. The van der Waals surface area contributed by atoms with Crippen LogP contribution in [0.2, 0.25) is 0 Å². The van der Waals surface area contributed by atoms with Crippen molar-refractivity contribution in [2.75, 3.05) is 0 Å². The van der Waals surface area contributed by atoms with Gasteiger partial charge in [-0.25, -0.2) is 9.59 Å². The molecule has 0 radical (unpaired) electrons. The van der Waals surface area contributed by atoms with E-state index in [9.17, 15) is 14.7 Å². The number of carboxylic acid groups (broad SMARTS) is 1. The van der Waals surface area contributed by atoms with Crippen molar-refractivity contribution in [1.82, 2.24) is 5.32 Å². The molecule has 6 heteroatoms. The number of carbonyl (C=O) groups is 2. The molecule has 5 nitrogen and oxygen atoms in total. The first kappa shape index (κ1) is 16.3. The van der Waals surface area contributed by atoms with Crippen LogP contribution < -0.4 is 5.32 Å². The minimum Gasteiger partial charge on any atom is -0.479 e. The lowest BCUT2D eigenvalue weighted by Gasteiger charge is -2.15. The van der Waals surface area contributed by atoms with E-state index in [-0.39, 0.29) is 6.61 Å². The number of rotatable bonds is 5. The number of carboxylic acids is 1. The van der Waals surface area contributed by atoms with Crippen LogP contribution in [0.25, 0.3) is 0 Å². The van der Waals surface area contributed by atoms with Crippen LogP contribution in [0.15, 0.2) is 54.6 Å². The number of nitrogens with one attached hydrogen (secondary N) is 1. The van der Waals surface area contributed by atoms with Gasteiger partial charge in [-0.05, 0) is 45.9 Å². The van der Waals surface area contributed by atoms with Gasteiger partial charge in [0.15, 0.2) is 6.04 Å². The van der Waals surface area contributed by atoms with Crippen molar-refractivity contribution in [3.63, 3.8) is 0 Å². The minimum atomic E-state index is -1.14. The molecule has 0 unspecified atom stereocenters. The van der Waals surface area contributed by atoms with Crippen LogP contribution in [0.1, 0.15) is 17.2 Å². The van der Waals surface area contributed by atoms with E-state index in [1.54, 1.807) is 18.2 Å². The number of hydrogen-bond acceptors (Lipinski definition) is 3. The van der Waals surface area contributed by atoms with Crippen LogP contribution in [0.4, 0.5) is 4.79 Å². The maximum atomic E-state index is 11.8. The van der Waals surface area contributed by atoms with Crippen molar-refractivity contribution in [2.45, 2.75) is 12.6 Å². The molecule has 0 aliphatic carbocycles. The SMILES string of the molecule is O=C(N[C@H](C(=O)O)c1cccc(I)c1)OCc1ccccc1. The van der Waals surface area contributed by atoms with Gasteiger partial charge in [0.2, 0.25) is 0 Å². The van der Waals surface area contributed by atoms with Gasteiger partial charge in [0.1, 0.15) is 6.61 Å². The molecule has 0 aliphatic rings. The zero-order valence-electron chi connectivity index (χ0n) is 11.5. The van der Waals surface area contributed by atoms with Gasteiger partial charge in [0.25, 0.3) is 0 Å². The molecular formula is C16H14INO4. The summed E-state index contributed by atoms with van der Waals surface area (Å²) in [7, 11) is 0. The van der Waals surface area contributed by atoms with Gasteiger partial charge in [-0.3, -0.25) is 0 Å². The van der Waals surface area contributed by atoms with Crippen LogP contribution in [-0.4, -0.2) is 17.2 Å². The Morgan fingerprint density at radius 1 is 1.14 bits per heavy atom. The first-order chi connectivity index (χ1) is 10.6. The van der Waals surface area contributed by atoms with E-state index >= 15 is 0 Å². The Bertz CT molecular complexity index is 660. The number of benzene rings is 2. The Balaban J connectivity index is 1.99. The van der Waals surface area contributed by atoms with Crippen LogP contribution in [0, 0.1) is 3.57 Å². The molecule has 2 rings (SSSR count). The highest BCUT2D eigenvalue weighted by molar-refractivity contribution is 14.1. The number of alkyl carbamates (subject to hydrolysis) is 1. The number of halogens is 1. The van der Waals surface area contributed by atoms with Crippen LogP contribution >= 0.6 is 22.6 Å². The molecule has 0 spiro atoms. The number of hydrogen-bond donors (Lipinski definition) is 2. The lowest BCUT2D eigenvalue weighted by molar-refractivity contribution is -0.139. The second kappa shape index (κ2) is 7.79. The molecule has 1 atom stereocenters. The molecule has 0 aromatic heterocycles. The fourth-order valence-electron chi connectivity index (χ4n) is 1.86. The predicted octanol–water partition coefficient (Wildman–Crippen LogP) is 3.34. The average Bonchev–Trinajstić information content (AvgIpc) is 2.51. The summed E-state index contributed by atoms with van der Waals surface area (Å²) in [6.07, 6.45) is -0.768. The topological polar surface area (TPSA) is 75.6 Å². The summed E-state index contributed by atoms with van der Waals surface area (Å²) in [5, 5.41) is 11.6. The van der Waals surface area contributed by atoms with Crippen molar-refractivity contribution >= 4 is 34.7 Å². The van der Waals surface area contributed by atoms with Crippen molar-refractivity contribution in [2.24, 2.45) is 0 Å². The third kappa shape index (κ3) is 4.73. The number of aliphatic carboxylic acids is 1. The molecule has 22 heavy (non-hydrogen) atoms. The average molecular weight is 411 g/mol. The normalized spacial score (nSPS) is 11.5. The number of carbonyl (C=O) groups excluding carboxylic acids is 1. The number of ether oxygens (including phenoxy) is 1. The maximum Gasteiger partial charge on any atom is 0.408 e. The van der Waals surface area contributed by atoms with E-state index in [4.69, 9.17) is 4.74 Å². The molecule has 2 aromatic carbocycles. The molecule has 2 aromatic rings. The van der Waals surface area contributed by atoms with E-state index in [0.717, 1.165) is 9.13 Å². The molecule has 2 N–H and O–H groups in total. The summed E-state index contributed by atoms with van der Waals surface area (Å²) in [4.78, 5) is 23.1. The smallest absolute Gasteiger partial charge is 0.408 e. The summed E-state index contributed by atoms with van der Waals surface area (Å²) in [6.45, 7) is 0.0886. The standard InChI is InChI=1S/C16H14INO4/c17-13-8-4-7-12(9-13)14(15(19)20)18-16(21)22-10-11-5-2-1-3-6-11/h1-9,14H,10H2,(H,18,21)(H,19,20)/t14-/m0/s1. The summed E-state index contributed by atoms with van der Waals surface area (Å²) in [6, 6.07) is 15.0. The maximum absolute atomic E-state index is 11.8. The monoisotopic (exact) mass is 411 g/mol. The number of amides is 1. The first-order valence-corrected chi connectivity index (χ1v) is 7.59. The summed E-state index contributed by atoms with van der Waals surface area (Å²) < 4.78 is 5.93. The molecular weight excluding hydrogens is 397 g/mol. The van der Waals surface area contributed by atoms with Crippen LogP contribution in [0.5, 0.6) is 0 Å². The Labute approximate surface area is 141 Å². The van der Waals surface area contributed by atoms with E-state index in [1.807, 2.05) is 36.4 Å². The molecule has 0 saturated carbocycles. The molecule has 0 fully saturated rings. The molecule has 0 bridgehead atoms. The predicted molar refractivity (Wildman–Crippen MR) is 89.3 cm³/mol. The van der Waals surface area contributed by atoms with E-state index in [1.165, 1.54) is 0 Å². The van der Waals surface area contributed by atoms with Crippen LogP contribution in [0.3, 0.4) is 0 Å². The van der Waals surface area contributed by atoms with Crippen molar-refractivity contribution in [3.05, 3.63) is 69.3 Å². The molecule has 1 amide bonds. The third-order valence-corrected chi connectivity index (χ3v) is 3.57. The highest BCUT2D eigenvalue weighted by Gasteiger charge is 2.22. The summed E-state index contributed by atoms with van der Waals surface area (Å²) >= 11 is 2.08. The van der Waals surface area contributed by atoms with Crippen molar-refractivity contribution in [3.8, 4) is 0 Å². The zero-order valence-corrected chi connectivity index (χ0v) is 13.7. The van der Waals surface area contributed by atoms with Gasteiger partial charge in [-0.1, -0.05) is 42.5 Å². The second-order valence-corrected chi connectivity index (χ2v) is 5.78. The Kier molecular flexibility index (Phi) is 5.76. The minimum absolute atomic E-state index is 0.0886. The lowest BCUT2D eigenvalue weighted by atomic mass is 10.1. The summed E-state index contributed by atoms with van der Waals surface area (Å²) in [5.74, 6) is -1.14. The fourth-order valence-corrected chi connectivity index (χ4v) is 2.42. The zero-order chi connectivity index (χ0) is 15.9. The van der Waals surface area contributed by atoms with E-state index in [2.05, 4.69) is 27.9 Å². The Hall–Kier alpha value is -2.09. The molecule has 114 valence electrons. The van der Waals surface area contributed by atoms with Gasteiger partial charge < -0.3 is 15.2 Å². The quantitative estimate of drug-likeness (QED) is 0.741. The second-order valence-electron chi connectivity index (χ2n) is 4.53. The van der Waals surface area contributed by atoms with Crippen molar-refractivity contribution in [1.29, 1.82) is 0 Å². The van der Waals surface area contributed by atoms with Gasteiger partial charge in [0.05, 0.1) is 0 Å². The van der Waals surface area contributed by atoms with E-state index in [0.29, 0.717) is 5.56 Å². The highest BCUT2D eigenvalue weighted by Crippen LogP contribution is 2.16. The molecule has 0 aliphatic heterocycles. The van der Waals surface area contributed by atoms with Crippen molar-refractivity contribution < 1.29 is 19.4 Å². The fraction of sp³-hybridized carbons (Fsp3) is 0.125. The van der Waals surface area contributed by atoms with E-state index < -0.39 is 18.1 Å². The van der Waals surface area contributed by atoms with Crippen LogP contribution in [-0.2, 0) is 16.1 Å². The van der Waals surface area contributed by atoms with Gasteiger partial charge >= 0.3 is 12.1 Å². The third-order valence-electron chi connectivity index (χ3n) is 2.90. The van der Waals surface area contributed by atoms with Gasteiger partial charge in [0, 0.05) is 3.57 Å². The van der Waals surface area contributed by atoms with Gasteiger partial charge in [-0.15, -0.1) is 0 Å². The highest BCUT2D eigenvalue weighted by atomic mass is 127. The first-order valence-electron chi connectivity index (χ1n) is 6.52. The molecule has 0 heterocycles. The summed E-state index contributed by atoms with van der Waals surface area (Å²) in [5.41, 5.74) is 1.33. The Morgan fingerprint density at radius 3 is 2.50 bits per heavy atom. The van der Waals surface area contributed by atoms with Gasteiger partial charge in [-0.2, -0.15) is 0 Å².